The molecule has 0 aromatic heterocycles. The van der Waals surface area contributed by atoms with Gasteiger partial charge in [-0.3, -0.25) is 9.59 Å². The minimum Gasteiger partial charge on any atom is -0.340 e. The lowest BCUT2D eigenvalue weighted by atomic mass is 9.81. The molecule has 0 bridgehead atoms. The fourth-order valence-electron chi connectivity index (χ4n) is 2.40. The number of amides is 2. The highest BCUT2D eigenvalue weighted by Crippen LogP contribution is 2.30. The minimum atomic E-state index is -3.20. The molecule has 20 heavy (non-hydrogen) atoms. The molecule has 0 aromatic rings. The topological polar surface area (TPSA) is 83.6 Å². The Morgan fingerprint density at radius 2 is 1.75 bits per heavy atom. The van der Waals surface area contributed by atoms with Crippen molar-refractivity contribution in [1.29, 1.82) is 0 Å². The molecular formula is C13H24N2O4S. The predicted molar refractivity (Wildman–Crippen MR) is 76.9 cm³/mol. The van der Waals surface area contributed by atoms with Crippen molar-refractivity contribution in [2.45, 2.75) is 46.2 Å². The van der Waals surface area contributed by atoms with Gasteiger partial charge in [0.25, 0.3) is 0 Å². The maximum atomic E-state index is 12.5. The van der Waals surface area contributed by atoms with Crippen LogP contribution < -0.4 is 5.32 Å². The van der Waals surface area contributed by atoms with Crippen LogP contribution in [0.4, 0.5) is 0 Å². The Kier molecular flexibility index (Phi) is 4.25. The fourth-order valence-corrected chi connectivity index (χ4v) is 2.93. The van der Waals surface area contributed by atoms with Gasteiger partial charge in [0, 0.05) is 12.8 Å². The van der Waals surface area contributed by atoms with Crippen molar-refractivity contribution in [3.05, 3.63) is 0 Å². The Morgan fingerprint density at radius 1 is 1.25 bits per heavy atom. The van der Waals surface area contributed by atoms with E-state index in [1.807, 2.05) is 20.8 Å². The third-order valence-electron chi connectivity index (χ3n) is 3.31. The summed E-state index contributed by atoms with van der Waals surface area (Å²) in [7, 11) is -3.20. The lowest BCUT2D eigenvalue weighted by Gasteiger charge is -2.47. The summed E-state index contributed by atoms with van der Waals surface area (Å²) < 4.78 is 22.7. The summed E-state index contributed by atoms with van der Waals surface area (Å²) >= 11 is 0. The Bertz CT molecular complexity index is 517. The number of carbonyl (C=O) groups excluding carboxylic acids is 2. The molecule has 1 rings (SSSR count). The molecule has 2 amide bonds. The van der Waals surface area contributed by atoms with Crippen LogP contribution in [0.2, 0.25) is 0 Å². The second-order valence-corrected chi connectivity index (χ2v) is 9.27. The van der Waals surface area contributed by atoms with Crippen LogP contribution in [0, 0.1) is 5.41 Å². The van der Waals surface area contributed by atoms with E-state index in [4.69, 9.17) is 0 Å². The van der Waals surface area contributed by atoms with Gasteiger partial charge in [0.2, 0.25) is 11.8 Å². The van der Waals surface area contributed by atoms with Crippen molar-refractivity contribution in [2.24, 2.45) is 5.41 Å². The van der Waals surface area contributed by atoms with Gasteiger partial charge in [0.15, 0.2) is 0 Å². The highest BCUT2D eigenvalue weighted by atomic mass is 32.2. The molecule has 1 atom stereocenters. The molecule has 1 N–H and O–H groups in total. The van der Waals surface area contributed by atoms with Crippen LogP contribution >= 0.6 is 0 Å². The summed E-state index contributed by atoms with van der Waals surface area (Å²) in [5.41, 5.74) is -1.47. The quantitative estimate of drug-likeness (QED) is 0.806. The summed E-state index contributed by atoms with van der Waals surface area (Å²) in [4.78, 5) is 26.2. The first-order valence-electron chi connectivity index (χ1n) is 6.56. The number of hydrogen-bond donors (Lipinski definition) is 1. The van der Waals surface area contributed by atoms with Crippen LogP contribution in [-0.4, -0.2) is 55.3 Å². The molecule has 1 aliphatic rings. The van der Waals surface area contributed by atoms with Crippen LogP contribution in [0.3, 0.4) is 0 Å². The largest absolute Gasteiger partial charge is 0.340 e. The number of hydrogen-bond acceptors (Lipinski definition) is 4. The monoisotopic (exact) mass is 304 g/mol. The zero-order chi connectivity index (χ0) is 15.9. The summed E-state index contributed by atoms with van der Waals surface area (Å²) in [6.45, 7) is 8.86. The van der Waals surface area contributed by atoms with E-state index in [-0.39, 0.29) is 24.1 Å². The van der Waals surface area contributed by atoms with E-state index in [0.717, 1.165) is 6.26 Å². The maximum absolute atomic E-state index is 12.5. The van der Waals surface area contributed by atoms with Gasteiger partial charge in [-0.15, -0.1) is 0 Å². The van der Waals surface area contributed by atoms with E-state index >= 15 is 0 Å². The van der Waals surface area contributed by atoms with Gasteiger partial charge in [-0.05, 0) is 19.3 Å². The van der Waals surface area contributed by atoms with Gasteiger partial charge < -0.3 is 10.2 Å². The van der Waals surface area contributed by atoms with Gasteiger partial charge in [-0.1, -0.05) is 20.8 Å². The Morgan fingerprint density at radius 3 is 2.15 bits per heavy atom. The average molecular weight is 304 g/mol. The predicted octanol–water partition coefficient (Wildman–Crippen LogP) is 0.183. The van der Waals surface area contributed by atoms with Crippen molar-refractivity contribution < 1.29 is 18.0 Å². The van der Waals surface area contributed by atoms with Gasteiger partial charge in [-0.25, -0.2) is 8.42 Å². The third-order valence-corrected chi connectivity index (χ3v) is 4.24. The lowest BCUT2D eigenvalue weighted by molar-refractivity contribution is -0.157. The zero-order valence-electron chi connectivity index (χ0n) is 13.0. The molecule has 116 valence electrons. The number of nitrogens with one attached hydrogen (secondary N) is 1. The number of rotatable bonds is 3. The van der Waals surface area contributed by atoms with Crippen molar-refractivity contribution >= 4 is 21.7 Å². The number of piperazine rings is 1. The number of carbonyl (C=O) groups is 2. The maximum Gasteiger partial charge on any atom is 0.248 e. The summed E-state index contributed by atoms with van der Waals surface area (Å²) in [5, 5.41) is 2.71. The van der Waals surface area contributed by atoms with Crippen molar-refractivity contribution in [1.82, 2.24) is 10.2 Å². The van der Waals surface area contributed by atoms with Crippen LogP contribution in [0.1, 0.15) is 34.6 Å². The Balaban J connectivity index is 3.14. The standard InChI is InChI=1S/C13H24N2O4S/c1-12(2,3)9-10(16)14-13(4,5)11(17)15(9)7-8-20(6,18)19/h9H,7-8H2,1-6H3,(H,14,16). The van der Waals surface area contributed by atoms with Crippen molar-refractivity contribution in [3.63, 3.8) is 0 Å². The van der Waals surface area contributed by atoms with Gasteiger partial charge in [-0.2, -0.15) is 0 Å². The Labute approximate surface area is 120 Å². The van der Waals surface area contributed by atoms with E-state index in [1.165, 1.54) is 4.90 Å². The first-order chi connectivity index (χ1) is 8.76. The molecule has 0 spiro atoms. The smallest absolute Gasteiger partial charge is 0.248 e. The van der Waals surface area contributed by atoms with E-state index in [9.17, 15) is 18.0 Å². The number of nitrogens with zero attached hydrogens (tertiary/aromatic N) is 1. The fraction of sp³-hybridized carbons (Fsp3) is 0.846. The van der Waals surface area contributed by atoms with Gasteiger partial charge >= 0.3 is 0 Å². The summed E-state index contributed by atoms with van der Waals surface area (Å²) in [6.07, 6.45) is 1.12. The number of sulfone groups is 1. The highest BCUT2D eigenvalue weighted by molar-refractivity contribution is 7.90. The van der Waals surface area contributed by atoms with E-state index in [0.29, 0.717) is 0 Å². The average Bonchev–Trinajstić information content (AvgIpc) is 2.17. The highest BCUT2D eigenvalue weighted by Gasteiger charge is 2.49. The lowest BCUT2D eigenvalue weighted by Crippen LogP contribution is -2.71. The van der Waals surface area contributed by atoms with E-state index in [1.54, 1.807) is 13.8 Å². The first kappa shape index (κ1) is 16.9. The van der Waals surface area contributed by atoms with Crippen LogP contribution in [0.5, 0.6) is 0 Å². The molecule has 0 radical (unpaired) electrons. The molecule has 1 heterocycles. The van der Waals surface area contributed by atoms with Crippen LogP contribution in [0.15, 0.2) is 0 Å². The third kappa shape index (κ3) is 3.71. The molecule has 0 aliphatic carbocycles. The molecule has 1 fully saturated rings. The van der Waals surface area contributed by atoms with Crippen LogP contribution in [0.25, 0.3) is 0 Å². The van der Waals surface area contributed by atoms with E-state index < -0.39 is 26.8 Å². The van der Waals surface area contributed by atoms with Crippen molar-refractivity contribution in [3.8, 4) is 0 Å². The first-order valence-corrected chi connectivity index (χ1v) is 8.62. The van der Waals surface area contributed by atoms with Gasteiger partial charge in [0.05, 0.1) is 5.75 Å². The van der Waals surface area contributed by atoms with Crippen LogP contribution in [-0.2, 0) is 19.4 Å². The molecule has 1 unspecified atom stereocenters. The molecule has 6 nitrogen and oxygen atoms in total. The zero-order valence-corrected chi connectivity index (χ0v) is 13.8. The molecule has 7 heteroatoms. The Hall–Kier alpha value is -1.11. The van der Waals surface area contributed by atoms with Gasteiger partial charge in [0.1, 0.15) is 21.4 Å². The molecule has 0 saturated carbocycles. The van der Waals surface area contributed by atoms with E-state index in [2.05, 4.69) is 5.32 Å². The minimum absolute atomic E-state index is 0.0381. The molecule has 1 aliphatic heterocycles. The normalized spacial score (nSPS) is 23.7. The molecular weight excluding hydrogens is 280 g/mol. The van der Waals surface area contributed by atoms with Crippen molar-refractivity contribution in [2.75, 3.05) is 18.6 Å². The second kappa shape index (κ2) is 5.02. The summed E-state index contributed by atoms with van der Waals surface area (Å²) in [5.74, 6) is -0.634. The SMILES string of the molecule is CC1(C)NC(=O)C(C(C)(C)C)N(CCS(C)(=O)=O)C1=O. The molecule has 1 saturated heterocycles. The summed E-state index contributed by atoms with van der Waals surface area (Å²) in [6, 6.07) is -0.662. The molecule has 0 aromatic carbocycles. The second-order valence-electron chi connectivity index (χ2n) is 7.01.